The molecule has 1 aromatic heterocycles. The van der Waals surface area contributed by atoms with Gasteiger partial charge in [-0.2, -0.15) is 4.57 Å². The zero-order valence-corrected chi connectivity index (χ0v) is 10.8. The maximum absolute atomic E-state index is 9.64. The van der Waals surface area contributed by atoms with Gasteiger partial charge in [0.2, 0.25) is 0 Å². The Hall–Kier alpha value is -0.930. The number of aliphatic hydroxyl groups is 1. The van der Waals surface area contributed by atoms with Gasteiger partial charge in [-0.25, -0.2) is 0 Å². The van der Waals surface area contributed by atoms with E-state index in [0.29, 0.717) is 11.9 Å². The number of aryl methyl sites for hydroxylation is 1. The van der Waals surface area contributed by atoms with Gasteiger partial charge in [0.1, 0.15) is 6.10 Å². The lowest BCUT2D eigenvalue weighted by Gasteiger charge is -2.06. The third kappa shape index (κ3) is 2.42. The molecule has 0 spiro atoms. The first-order valence-electron chi connectivity index (χ1n) is 5.33. The number of nitrogens with zero attached hydrogens (tertiary/aromatic N) is 1. The van der Waals surface area contributed by atoms with Gasteiger partial charge in [-0.1, -0.05) is 34.1 Å². The van der Waals surface area contributed by atoms with Crippen LogP contribution in [0.1, 0.15) is 5.69 Å². The SMILES string of the molecule is Cc1cc2ccccc2c[n+]1CC(O)CBr. The van der Waals surface area contributed by atoms with Crippen molar-refractivity contribution in [2.75, 3.05) is 5.33 Å². The van der Waals surface area contributed by atoms with Crippen molar-refractivity contribution in [1.29, 1.82) is 0 Å². The predicted molar refractivity (Wildman–Crippen MR) is 68.7 cm³/mol. The molecule has 1 unspecified atom stereocenters. The lowest BCUT2D eigenvalue weighted by molar-refractivity contribution is -0.707. The van der Waals surface area contributed by atoms with E-state index in [9.17, 15) is 5.11 Å². The first-order valence-corrected chi connectivity index (χ1v) is 6.45. The smallest absolute Gasteiger partial charge is 0.178 e. The molecule has 0 aliphatic heterocycles. The Balaban J connectivity index is 2.42. The van der Waals surface area contributed by atoms with Crippen LogP contribution in [0, 0.1) is 6.92 Å². The molecule has 2 rings (SSSR count). The van der Waals surface area contributed by atoms with Gasteiger partial charge in [-0.15, -0.1) is 0 Å². The highest BCUT2D eigenvalue weighted by molar-refractivity contribution is 9.09. The van der Waals surface area contributed by atoms with E-state index in [1.807, 2.05) is 12.1 Å². The number of aromatic nitrogens is 1. The molecule has 1 heterocycles. The Morgan fingerprint density at radius 1 is 1.31 bits per heavy atom. The van der Waals surface area contributed by atoms with Gasteiger partial charge >= 0.3 is 0 Å². The van der Waals surface area contributed by atoms with Crippen LogP contribution in [0.4, 0.5) is 0 Å². The molecule has 0 aliphatic rings. The van der Waals surface area contributed by atoms with Crippen molar-refractivity contribution in [2.24, 2.45) is 0 Å². The van der Waals surface area contributed by atoms with E-state index in [1.165, 1.54) is 16.5 Å². The van der Waals surface area contributed by atoms with Crippen LogP contribution in [-0.4, -0.2) is 16.5 Å². The monoisotopic (exact) mass is 280 g/mol. The Bertz CT molecular complexity index is 498. The second-order valence-electron chi connectivity index (χ2n) is 4.00. The van der Waals surface area contributed by atoms with E-state index >= 15 is 0 Å². The van der Waals surface area contributed by atoms with Crippen LogP contribution in [0.5, 0.6) is 0 Å². The molecule has 0 fully saturated rings. The van der Waals surface area contributed by atoms with Gasteiger partial charge < -0.3 is 5.11 Å². The van der Waals surface area contributed by atoms with Crippen molar-refractivity contribution < 1.29 is 9.67 Å². The summed E-state index contributed by atoms with van der Waals surface area (Å²) in [6, 6.07) is 10.4. The van der Waals surface area contributed by atoms with Crippen molar-refractivity contribution in [3.05, 3.63) is 42.2 Å². The van der Waals surface area contributed by atoms with Crippen molar-refractivity contribution in [3.8, 4) is 0 Å². The lowest BCUT2D eigenvalue weighted by atomic mass is 10.1. The molecule has 16 heavy (non-hydrogen) atoms. The van der Waals surface area contributed by atoms with Crippen LogP contribution in [0.15, 0.2) is 36.5 Å². The lowest BCUT2D eigenvalue weighted by Crippen LogP contribution is -2.42. The Kier molecular flexibility index (Phi) is 3.56. The second kappa shape index (κ2) is 4.93. The summed E-state index contributed by atoms with van der Waals surface area (Å²) in [5.41, 5.74) is 1.17. The molecule has 2 aromatic rings. The minimum absolute atomic E-state index is 0.343. The molecule has 0 saturated carbocycles. The van der Waals surface area contributed by atoms with Crippen LogP contribution in [-0.2, 0) is 6.54 Å². The van der Waals surface area contributed by atoms with Crippen LogP contribution in [0.2, 0.25) is 0 Å². The fraction of sp³-hybridized carbons (Fsp3) is 0.308. The highest BCUT2D eigenvalue weighted by Gasteiger charge is 2.13. The largest absolute Gasteiger partial charge is 0.386 e. The molecule has 0 amide bonds. The predicted octanol–water partition coefficient (Wildman–Crippen LogP) is 2.19. The molecule has 0 saturated heterocycles. The second-order valence-corrected chi connectivity index (χ2v) is 4.65. The number of aliphatic hydroxyl groups excluding tert-OH is 1. The Morgan fingerprint density at radius 2 is 2.00 bits per heavy atom. The van der Waals surface area contributed by atoms with E-state index in [1.54, 1.807) is 0 Å². The molecule has 1 aromatic carbocycles. The number of hydrogen-bond donors (Lipinski definition) is 1. The van der Waals surface area contributed by atoms with Gasteiger partial charge in [0.25, 0.3) is 0 Å². The average molecular weight is 281 g/mol. The van der Waals surface area contributed by atoms with Crippen molar-refractivity contribution >= 4 is 26.7 Å². The van der Waals surface area contributed by atoms with Crippen molar-refractivity contribution in [3.63, 3.8) is 0 Å². The highest BCUT2D eigenvalue weighted by atomic mass is 79.9. The topological polar surface area (TPSA) is 24.1 Å². The van der Waals surface area contributed by atoms with E-state index in [4.69, 9.17) is 0 Å². The molecule has 1 N–H and O–H groups in total. The summed E-state index contributed by atoms with van der Waals surface area (Å²) >= 11 is 3.28. The quantitative estimate of drug-likeness (QED) is 0.677. The fourth-order valence-electron chi connectivity index (χ4n) is 1.81. The summed E-state index contributed by atoms with van der Waals surface area (Å²) in [6.45, 7) is 2.69. The van der Waals surface area contributed by atoms with Gasteiger partial charge in [0.05, 0.1) is 0 Å². The third-order valence-electron chi connectivity index (χ3n) is 2.69. The zero-order valence-electron chi connectivity index (χ0n) is 9.23. The standard InChI is InChI=1S/C13H15BrNO/c1-10-6-11-4-2-3-5-12(11)8-15(10)9-13(16)7-14/h2-6,8,13,16H,7,9H2,1H3/q+1. The summed E-state index contributed by atoms with van der Waals surface area (Å²) < 4.78 is 2.09. The van der Waals surface area contributed by atoms with Crippen LogP contribution in [0.3, 0.4) is 0 Å². The zero-order chi connectivity index (χ0) is 11.5. The maximum atomic E-state index is 9.64. The first-order chi connectivity index (χ1) is 7.70. The molecule has 3 heteroatoms. The van der Waals surface area contributed by atoms with Crippen molar-refractivity contribution in [2.45, 2.75) is 19.6 Å². The van der Waals surface area contributed by atoms with Gasteiger partial charge in [-0.3, -0.25) is 0 Å². The fourth-order valence-corrected chi connectivity index (χ4v) is 2.01. The first kappa shape index (κ1) is 11.6. The van der Waals surface area contributed by atoms with E-state index in [0.717, 1.165) is 0 Å². The normalized spacial score (nSPS) is 12.9. The van der Waals surface area contributed by atoms with E-state index in [-0.39, 0.29) is 6.10 Å². The molecular weight excluding hydrogens is 266 g/mol. The molecule has 2 nitrogen and oxygen atoms in total. The average Bonchev–Trinajstić information content (AvgIpc) is 2.30. The minimum atomic E-state index is -0.343. The number of pyridine rings is 1. The number of hydrogen-bond acceptors (Lipinski definition) is 1. The van der Waals surface area contributed by atoms with Crippen LogP contribution >= 0.6 is 15.9 Å². The summed E-state index contributed by atoms with van der Waals surface area (Å²) in [5, 5.41) is 12.7. The number of fused-ring (bicyclic) bond motifs is 1. The van der Waals surface area contributed by atoms with Crippen LogP contribution < -0.4 is 4.57 Å². The molecule has 84 valence electrons. The molecular formula is C13H15BrNO+. The number of halogens is 1. The minimum Gasteiger partial charge on any atom is -0.386 e. The summed E-state index contributed by atoms with van der Waals surface area (Å²) in [7, 11) is 0. The van der Waals surface area contributed by atoms with Gasteiger partial charge in [0.15, 0.2) is 18.4 Å². The molecule has 0 bridgehead atoms. The van der Waals surface area contributed by atoms with E-state index in [2.05, 4.69) is 51.8 Å². The Labute approximate surface area is 104 Å². The number of benzene rings is 1. The number of alkyl halides is 1. The van der Waals surface area contributed by atoms with Gasteiger partial charge in [0, 0.05) is 23.7 Å². The summed E-state index contributed by atoms with van der Waals surface area (Å²) in [5.74, 6) is 0. The van der Waals surface area contributed by atoms with Crippen molar-refractivity contribution in [1.82, 2.24) is 0 Å². The molecule has 1 atom stereocenters. The maximum Gasteiger partial charge on any atom is 0.178 e. The van der Waals surface area contributed by atoms with Crippen LogP contribution in [0.25, 0.3) is 10.8 Å². The molecule has 0 aliphatic carbocycles. The summed E-state index contributed by atoms with van der Waals surface area (Å²) in [6.07, 6.45) is 1.75. The highest BCUT2D eigenvalue weighted by Crippen LogP contribution is 2.12. The summed E-state index contributed by atoms with van der Waals surface area (Å²) in [4.78, 5) is 0. The Morgan fingerprint density at radius 3 is 2.69 bits per heavy atom. The third-order valence-corrected chi connectivity index (χ3v) is 3.44. The van der Waals surface area contributed by atoms with Gasteiger partial charge in [-0.05, 0) is 11.5 Å². The number of rotatable bonds is 3. The van der Waals surface area contributed by atoms with E-state index < -0.39 is 0 Å². The molecule has 0 radical (unpaired) electrons.